The normalized spacial score (nSPS) is 12.4. The lowest BCUT2D eigenvalue weighted by molar-refractivity contribution is 0.611. The number of aryl methyl sites for hydroxylation is 2. The van der Waals surface area contributed by atoms with Crippen molar-refractivity contribution in [3.63, 3.8) is 0 Å². The van der Waals surface area contributed by atoms with Gasteiger partial charge >= 0.3 is 0 Å². The standard InChI is InChI=1S/C18H22FN/c1-13-8-14(2)10-15(9-13)11-17(12-20-3)16-4-6-18(19)7-5-16/h4-10,17,20H,11-12H2,1-3H3. The summed E-state index contributed by atoms with van der Waals surface area (Å²) in [5.74, 6) is 0.185. The van der Waals surface area contributed by atoms with E-state index in [1.54, 1.807) is 12.1 Å². The van der Waals surface area contributed by atoms with E-state index in [-0.39, 0.29) is 5.82 Å². The first-order chi connectivity index (χ1) is 9.58. The Morgan fingerprint density at radius 2 is 1.60 bits per heavy atom. The fraction of sp³-hybridized carbons (Fsp3) is 0.333. The molecule has 0 saturated heterocycles. The van der Waals surface area contributed by atoms with Gasteiger partial charge in [-0.25, -0.2) is 4.39 Å². The highest BCUT2D eigenvalue weighted by molar-refractivity contribution is 5.31. The summed E-state index contributed by atoms with van der Waals surface area (Å²) < 4.78 is 13.1. The Morgan fingerprint density at radius 3 is 2.15 bits per heavy atom. The van der Waals surface area contributed by atoms with Gasteiger partial charge in [-0.2, -0.15) is 0 Å². The summed E-state index contributed by atoms with van der Waals surface area (Å²) >= 11 is 0. The van der Waals surface area contributed by atoms with Crippen LogP contribution in [0.25, 0.3) is 0 Å². The maximum atomic E-state index is 13.1. The van der Waals surface area contributed by atoms with Gasteiger partial charge < -0.3 is 5.32 Å². The Morgan fingerprint density at radius 1 is 1.00 bits per heavy atom. The fourth-order valence-corrected chi connectivity index (χ4v) is 2.76. The molecule has 0 radical (unpaired) electrons. The molecule has 106 valence electrons. The predicted molar refractivity (Wildman–Crippen MR) is 82.7 cm³/mol. The zero-order valence-corrected chi connectivity index (χ0v) is 12.4. The summed E-state index contributed by atoms with van der Waals surface area (Å²) in [4.78, 5) is 0. The summed E-state index contributed by atoms with van der Waals surface area (Å²) in [6, 6.07) is 13.5. The van der Waals surface area contributed by atoms with E-state index in [1.165, 1.54) is 22.3 Å². The summed E-state index contributed by atoms with van der Waals surface area (Å²) in [5.41, 5.74) is 5.11. The van der Waals surface area contributed by atoms with Gasteiger partial charge in [-0.1, -0.05) is 41.5 Å². The highest BCUT2D eigenvalue weighted by atomic mass is 19.1. The molecule has 0 amide bonds. The highest BCUT2D eigenvalue weighted by Crippen LogP contribution is 2.22. The van der Waals surface area contributed by atoms with Gasteiger partial charge in [-0.3, -0.25) is 0 Å². The average molecular weight is 271 g/mol. The van der Waals surface area contributed by atoms with Crippen molar-refractivity contribution in [1.82, 2.24) is 5.32 Å². The molecular formula is C18H22FN. The van der Waals surface area contributed by atoms with E-state index in [0.29, 0.717) is 5.92 Å². The summed E-state index contributed by atoms with van der Waals surface area (Å²) in [7, 11) is 1.96. The first-order valence-corrected chi connectivity index (χ1v) is 7.05. The van der Waals surface area contributed by atoms with E-state index < -0.39 is 0 Å². The molecule has 1 unspecified atom stereocenters. The second-order valence-corrected chi connectivity index (χ2v) is 5.51. The first kappa shape index (κ1) is 14.7. The molecular weight excluding hydrogens is 249 g/mol. The van der Waals surface area contributed by atoms with Crippen molar-refractivity contribution in [2.45, 2.75) is 26.2 Å². The van der Waals surface area contributed by atoms with Crippen molar-refractivity contribution in [3.05, 3.63) is 70.5 Å². The largest absolute Gasteiger partial charge is 0.319 e. The van der Waals surface area contributed by atoms with Crippen LogP contribution in [0.3, 0.4) is 0 Å². The minimum atomic E-state index is -0.177. The minimum Gasteiger partial charge on any atom is -0.319 e. The van der Waals surface area contributed by atoms with Crippen LogP contribution in [-0.2, 0) is 6.42 Å². The van der Waals surface area contributed by atoms with Crippen LogP contribution in [0, 0.1) is 19.7 Å². The third kappa shape index (κ3) is 3.91. The van der Waals surface area contributed by atoms with Gasteiger partial charge in [0.1, 0.15) is 5.82 Å². The Labute approximate surface area is 120 Å². The van der Waals surface area contributed by atoms with Gasteiger partial charge in [0.25, 0.3) is 0 Å². The number of likely N-dealkylation sites (N-methyl/N-ethyl adjacent to an activating group) is 1. The number of hydrogen-bond donors (Lipinski definition) is 1. The summed E-state index contributed by atoms with van der Waals surface area (Å²) in [5, 5.41) is 3.24. The number of nitrogens with one attached hydrogen (secondary N) is 1. The van der Waals surface area contributed by atoms with Crippen molar-refractivity contribution in [2.75, 3.05) is 13.6 Å². The maximum absolute atomic E-state index is 13.1. The van der Waals surface area contributed by atoms with Crippen LogP contribution >= 0.6 is 0 Å². The quantitative estimate of drug-likeness (QED) is 0.867. The lowest BCUT2D eigenvalue weighted by Crippen LogP contribution is -2.19. The number of hydrogen-bond acceptors (Lipinski definition) is 1. The Hall–Kier alpha value is -1.67. The molecule has 2 rings (SSSR count). The zero-order valence-electron chi connectivity index (χ0n) is 12.4. The van der Waals surface area contributed by atoms with Crippen LogP contribution in [0.2, 0.25) is 0 Å². The van der Waals surface area contributed by atoms with E-state index in [4.69, 9.17) is 0 Å². The Kier molecular flexibility index (Phi) is 4.91. The number of benzene rings is 2. The molecule has 2 heteroatoms. The molecule has 0 aliphatic carbocycles. The SMILES string of the molecule is CNCC(Cc1cc(C)cc(C)c1)c1ccc(F)cc1. The van der Waals surface area contributed by atoms with E-state index in [0.717, 1.165) is 13.0 Å². The molecule has 1 N–H and O–H groups in total. The van der Waals surface area contributed by atoms with Crippen molar-refractivity contribution in [1.29, 1.82) is 0 Å². The smallest absolute Gasteiger partial charge is 0.123 e. The molecule has 2 aromatic rings. The average Bonchev–Trinajstić information content (AvgIpc) is 2.38. The van der Waals surface area contributed by atoms with Gasteiger partial charge in [0.2, 0.25) is 0 Å². The van der Waals surface area contributed by atoms with Crippen molar-refractivity contribution < 1.29 is 4.39 Å². The molecule has 0 bridgehead atoms. The lowest BCUT2D eigenvalue weighted by Gasteiger charge is -2.18. The Balaban J connectivity index is 2.22. The van der Waals surface area contributed by atoms with Crippen molar-refractivity contribution in [2.24, 2.45) is 0 Å². The molecule has 0 fully saturated rings. The molecule has 0 spiro atoms. The van der Waals surface area contributed by atoms with Gasteiger partial charge in [0.05, 0.1) is 0 Å². The molecule has 1 atom stereocenters. The van der Waals surface area contributed by atoms with E-state index in [2.05, 4.69) is 37.4 Å². The molecule has 1 nitrogen and oxygen atoms in total. The lowest BCUT2D eigenvalue weighted by atomic mass is 9.90. The number of halogens is 1. The van der Waals surface area contributed by atoms with Crippen molar-refractivity contribution in [3.8, 4) is 0 Å². The van der Waals surface area contributed by atoms with E-state index in [9.17, 15) is 4.39 Å². The molecule has 0 aliphatic rings. The predicted octanol–water partition coefficient (Wildman–Crippen LogP) is 3.99. The van der Waals surface area contributed by atoms with Crippen molar-refractivity contribution >= 4 is 0 Å². The van der Waals surface area contributed by atoms with E-state index in [1.807, 2.05) is 19.2 Å². The van der Waals surface area contributed by atoms with Crippen LogP contribution in [0.15, 0.2) is 42.5 Å². The third-order valence-electron chi connectivity index (χ3n) is 3.56. The highest BCUT2D eigenvalue weighted by Gasteiger charge is 2.12. The van der Waals surface area contributed by atoms with Gasteiger partial charge in [-0.05, 0) is 50.6 Å². The molecule has 0 aromatic heterocycles. The van der Waals surface area contributed by atoms with Gasteiger partial charge in [-0.15, -0.1) is 0 Å². The number of rotatable bonds is 5. The second kappa shape index (κ2) is 6.67. The summed E-state index contributed by atoms with van der Waals surface area (Å²) in [6.45, 7) is 5.14. The van der Waals surface area contributed by atoms with Gasteiger partial charge in [0, 0.05) is 12.5 Å². The van der Waals surface area contributed by atoms with E-state index >= 15 is 0 Å². The fourth-order valence-electron chi connectivity index (χ4n) is 2.76. The topological polar surface area (TPSA) is 12.0 Å². The molecule has 20 heavy (non-hydrogen) atoms. The van der Waals surface area contributed by atoms with Crippen LogP contribution in [0.1, 0.15) is 28.2 Å². The Bertz CT molecular complexity index is 540. The minimum absolute atomic E-state index is 0.177. The van der Waals surface area contributed by atoms with Crippen LogP contribution in [0.4, 0.5) is 4.39 Å². The first-order valence-electron chi connectivity index (χ1n) is 7.05. The molecule has 2 aromatic carbocycles. The molecule has 0 saturated carbocycles. The molecule has 0 heterocycles. The molecule has 0 aliphatic heterocycles. The monoisotopic (exact) mass is 271 g/mol. The zero-order chi connectivity index (χ0) is 14.5. The third-order valence-corrected chi connectivity index (χ3v) is 3.56. The second-order valence-electron chi connectivity index (χ2n) is 5.51. The van der Waals surface area contributed by atoms with Crippen LogP contribution in [-0.4, -0.2) is 13.6 Å². The maximum Gasteiger partial charge on any atom is 0.123 e. The summed E-state index contributed by atoms with van der Waals surface area (Å²) in [6.07, 6.45) is 0.967. The van der Waals surface area contributed by atoms with Crippen LogP contribution in [0.5, 0.6) is 0 Å². The van der Waals surface area contributed by atoms with Crippen LogP contribution < -0.4 is 5.32 Å². The van der Waals surface area contributed by atoms with Gasteiger partial charge in [0.15, 0.2) is 0 Å².